The van der Waals surface area contributed by atoms with Crippen molar-refractivity contribution < 1.29 is 8.42 Å². The van der Waals surface area contributed by atoms with Gasteiger partial charge in [0, 0.05) is 12.3 Å². The fourth-order valence-electron chi connectivity index (χ4n) is 2.57. The first-order valence-electron chi connectivity index (χ1n) is 6.65. The molecule has 1 saturated carbocycles. The van der Waals surface area contributed by atoms with Crippen molar-refractivity contribution in [1.29, 1.82) is 0 Å². The third-order valence-electron chi connectivity index (χ3n) is 3.45. The first kappa shape index (κ1) is 14.9. The minimum Gasteiger partial charge on any atom is -0.330 e. The molecule has 17 heavy (non-hydrogen) atoms. The standard InChI is InChI=1S/C12H26N2O2S/c1-17(15,16)11-5-10-14(9-4-8-13)12-6-2-3-7-12/h12H,2-11,13H2,1H3. The zero-order valence-electron chi connectivity index (χ0n) is 10.9. The zero-order valence-corrected chi connectivity index (χ0v) is 11.7. The van der Waals surface area contributed by atoms with Gasteiger partial charge in [0.1, 0.15) is 9.84 Å². The highest BCUT2D eigenvalue weighted by atomic mass is 32.2. The minimum absolute atomic E-state index is 0.304. The molecule has 0 saturated heterocycles. The summed E-state index contributed by atoms with van der Waals surface area (Å²) in [6.07, 6.45) is 8.24. The van der Waals surface area contributed by atoms with Crippen molar-refractivity contribution in [1.82, 2.24) is 4.90 Å². The summed E-state index contributed by atoms with van der Waals surface area (Å²) in [5.74, 6) is 0.304. The van der Waals surface area contributed by atoms with E-state index in [1.165, 1.54) is 31.9 Å². The molecule has 4 nitrogen and oxygen atoms in total. The van der Waals surface area contributed by atoms with Crippen molar-refractivity contribution in [3.8, 4) is 0 Å². The largest absolute Gasteiger partial charge is 0.330 e. The van der Waals surface area contributed by atoms with E-state index >= 15 is 0 Å². The molecule has 1 fully saturated rings. The molecule has 0 radical (unpaired) electrons. The Morgan fingerprint density at radius 1 is 1.18 bits per heavy atom. The highest BCUT2D eigenvalue weighted by molar-refractivity contribution is 7.90. The topological polar surface area (TPSA) is 63.4 Å². The Bertz CT molecular complexity index is 298. The second-order valence-electron chi connectivity index (χ2n) is 5.10. The third-order valence-corrected chi connectivity index (χ3v) is 4.48. The van der Waals surface area contributed by atoms with E-state index in [9.17, 15) is 8.42 Å². The van der Waals surface area contributed by atoms with Gasteiger partial charge in [-0.25, -0.2) is 8.42 Å². The Balaban J connectivity index is 2.34. The first-order chi connectivity index (χ1) is 8.03. The summed E-state index contributed by atoms with van der Waals surface area (Å²) in [6.45, 7) is 2.64. The van der Waals surface area contributed by atoms with Crippen LogP contribution in [0.2, 0.25) is 0 Å². The maximum Gasteiger partial charge on any atom is 0.147 e. The van der Waals surface area contributed by atoms with Crippen molar-refractivity contribution in [2.75, 3.05) is 31.6 Å². The van der Waals surface area contributed by atoms with E-state index in [-0.39, 0.29) is 0 Å². The van der Waals surface area contributed by atoms with Gasteiger partial charge in [-0.3, -0.25) is 0 Å². The van der Waals surface area contributed by atoms with Gasteiger partial charge in [-0.2, -0.15) is 0 Å². The van der Waals surface area contributed by atoms with Crippen molar-refractivity contribution in [3.05, 3.63) is 0 Å². The molecule has 0 aliphatic heterocycles. The molecule has 102 valence electrons. The van der Waals surface area contributed by atoms with Gasteiger partial charge < -0.3 is 10.6 Å². The van der Waals surface area contributed by atoms with Gasteiger partial charge in [0.05, 0.1) is 5.75 Å². The molecule has 2 N–H and O–H groups in total. The van der Waals surface area contributed by atoms with Crippen LogP contribution >= 0.6 is 0 Å². The van der Waals surface area contributed by atoms with Gasteiger partial charge in [0.15, 0.2) is 0 Å². The Morgan fingerprint density at radius 2 is 1.76 bits per heavy atom. The van der Waals surface area contributed by atoms with Crippen LogP contribution in [0.5, 0.6) is 0 Å². The number of hydrogen-bond donors (Lipinski definition) is 1. The van der Waals surface area contributed by atoms with Crippen LogP contribution in [0, 0.1) is 0 Å². The molecular formula is C12H26N2O2S. The van der Waals surface area contributed by atoms with E-state index in [4.69, 9.17) is 5.73 Å². The Hall–Kier alpha value is -0.130. The molecule has 0 heterocycles. The predicted octanol–water partition coefficient (Wildman–Crippen LogP) is 1.01. The summed E-state index contributed by atoms with van der Waals surface area (Å²) >= 11 is 0. The van der Waals surface area contributed by atoms with Crippen LogP contribution < -0.4 is 5.73 Å². The smallest absolute Gasteiger partial charge is 0.147 e. The number of sulfone groups is 1. The van der Waals surface area contributed by atoms with Crippen LogP contribution in [0.25, 0.3) is 0 Å². The summed E-state index contributed by atoms with van der Waals surface area (Å²) in [6, 6.07) is 0.668. The number of hydrogen-bond acceptors (Lipinski definition) is 4. The molecular weight excluding hydrogens is 236 g/mol. The van der Waals surface area contributed by atoms with Crippen LogP contribution in [0.4, 0.5) is 0 Å². The van der Waals surface area contributed by atoms with Crippen molar-refractivity contribution in [3.63, 3.8) is 0 Å². The molecule has 0 aromatic carbocycles. The van der Waals surface area contributed by atoms with Crippen molar-refractivity contribution in [2.24, 2.45) is 5.73 Å². The quantitative estimate of drug-likeness (QED) is 0.709. The lowest BCUT2D eigenvalue weighted by molar-refractivity contribution is 0.198. The second-order valence-corrected chi connectivity index (χ2v) is 7.36. The summed E-state index contributed by atoms with van der Waals surface area (Å²) < 4.78 is 22.2. The monoisotopic (exact) mass is 262 g/mol. The van der Waals surface area contributed by atoms with E-state index in [1.54, 1.807) is 0 Å². The number of nitrogens with two attached hydrogens (primary N) is 1. The average molecular weight is 262 g/mol. The molecule has 0 aromatic heterocycles. The van der Waals surface area contributed by atoms with Crippen LogP contribution in [-0.2, 0) is 9.84 Å². The molecule has 1 rings (SSSR count). The zero-order chi connectivity index (χ0) is 12.7. The van der Waals surface area contributed by atoms with Gasteiger partial charge in [-0.1, -0.05) is 12.8 Å². The SMILES string of the molecule is CS(=O)(=O)CCCN(CCCN)C1CCCC1. The maximum atomic E-state index is 11.1. The van der Waals surface area contributed by atoms with E-state index in [1.807, 2.05) is 0 Å². The van der Waals surface area contributed by atoms with Crippen LogP contribution in [0.15, 0.2) is 0 Å². The van der Waals surface area contributed by atoms with E-state index in [0.29, 0.717) is 11.8 Å². The molecule has 0 unspecified atom stereocenters. The fourth-order valence-corrected chi connectivity index (χ4v) is 3.22. The van der Waals surface area contributed by atoms with Gasteiger partial charge in [-0.05, 0) is 45.3 Å². The molecule has 5 heteroatoms. The van der Waals surface area contributed by atoms with Crippen molar-refractivity contribution >= 4 is 9.84 Å². The van der Waals surface area contributed by atoms with Gasteiger partial charge in [0.25, 0.3) is 0 Å². The Morgan fingerprint density at radius 3 is 2.29 bits per heavy atom. The summed E-state index contributed by atoms with van der Waals surface area (Å²) in [5.41, 5.74) is 5.55. The molecule has 1 aliphatic carbocycles. The summed E-state index contributed by atoms with van der Waals surface area (Å²) in [7, 11) is -2.82. The molecule has 0 atom stereocenters. The molecule has 0 bridgehead atoms. The average Bonchev–Trinajstić information content (AvgIpc) is 2.74. The first-order valence-corrected chi connectivity index (χ1v) is 8.71. The maximum absolute atomic E-state index is 11.1. The lowest BCUT2D eigenvalue weighted by Gasteiger charge is -2.28. The number of rotatable bonds is 8. The summed E-state index contributed by atoms with van der Waals surface area (Å²) in [5, 5.41) is 0. The van der Waals surface area contributed by atoms with Crippen LogP contribution in [0.3, 0.4) is 0 Å². The lowest BCUT2D eigenvalue weighted by atomic mass is 10.2. The number of nitrogens with zero attached hydrogens (tertiary/aromatic N) is 1. The highest BCUT2D eigenvalue weighted by Gasteiger charge is 2.21. The van der Waals surface area contributed by atoms with Crippen molar-refractivity contribution in [2.45, 2.75) is 44.6 Å². The van der Waals surface area contributed by atoms with Gasteiger partial charge >= 0.3 is 0 Å². The second kappa shape index (κ2) is 7.34. The third kappa shape index (κ3) is 6.38. The van der Waals surface area contributed by atoms with E-state index in [0.717, 1.165) is 32.5 Å². The molecule has 1 aliphatic rings. The predicted molar refractivity (Wildman–Crippen MR) is 71.8 cm³/mol. The van der Waals surface area contributed by atoms with Crippen LogP contribution in [-0.4, -0.2) is 51.0 Å². The molecule has 0 aromatic rings. The molecule has 0 amide bonds. The van der Waals surface area contributed by atoms with E-state index in [2.05, 4.69) is 4.90 Å². The van der Waals surface area contributed by atoms with Crippen LogP contribution in [0.1, 0.15) is 38.5 Å². The van der Waals surface area contributed by atoms with Gasteiger partial charge in [-0.15, -0.1) is 0 Å². The van der Waals surface area contributed by atoms with E-state index < -0.39 is 9.84 Å². The summed E-state index contributed by atoms with van der Waals surface area (Å²) in [4.78, 5) is 2.45. The highest BCUT2D eigenvalue weighted by Crippen LogP contribution is 2.23. The minimum atomic E-state index is -2.82. The Kier molecular flexibility index (Phi) is 6.44. The fraction of sp³-hybridized carbons (Fsp3) is 1.00. The Labute approximate surface area is 105 Å². The normalized spacial score (nSPS) is 18.1. The van der Waals surface area contributed by atoms with Gasteiger partial charge in [0.2, 0.25) is 0 Å². The molecule has 0 spiro atoms. The lowest BCUT2D eigenvalue weighted by Crippen LogP contribution is -2.36.